The molecule has 0 aliphatic heterocycles. The summed E-state index contributed by atoms with van der Waals surface area (Å²) in [7, 11) is 0. The molecule has 2 rings (SSSR count). The molecule has 0 bridgehead atoms. The summed E-state index contributed by atoms with van der Waals surface area (Å²) in [6.45, 7) is 0. The van der Waals surface area contributed by atoms with E-state index in [1.165, 1.54) is 24.6 Å². The lowest BCUT2D eigenvalue weighted by atomic mass is 9.95. The Kier molecular flexibility index (Phi) is 5.51. The Morgan fingerprint density at radius 3 is 2.71 bits per heavy atom. The second-order valence-corrected chi connectivity index (χ2v) is 6.01. The molecule has 21 heavy (non-hydrogen) atoms. The molecule has 0 spiro atoms. The van der Waals surface area contributed by atoms with Crippen LogP contribution in [0.1, 0.15) is 37.7 Å². The van der Waals surface area contributed by atoms with Gasteiger partial charge in [0.1, 0.15) is 17.5 Å². The van der Waals surface area contributed by atoms with Crippen LogP contribution in [-0.4, -0.2) is 11.9 Å². The normalized spacial score (nSPS) is 16.3. The zero-order valence-corrected chi connectivity index (χ0v) is 13.1. The highest BCUT2D eigenvalue weighted by molar-refractivity contribution is 9.10. The van der Waals surface area contributed by atoms with Gasteiger partial charge in [-0.05, 0) is 52.5 Å². The minimum atomic E-state index is -0.377. The van der Waals surface area contributed by atoms with Gasteiger partial charge in [-0.2, -0.15) is 5.26 Å². The fourth-order valence-electron chi connectivity index (χ4n) is 2.43. The van der Waals surface area contributed by atoms with Crippen LogP contribution < -0.4 is 5.32 Å². The number of carbonyl (C=O) groups excluding carboxylic acids is 1. The van der Waals surface area contributed by atoms with Crippen molar-refractivity contribution in [3.63, 3.8) is 0 Å². The summed E-state index contributed by atoms with van der Waals surface area (Å²) in [4.78, 5) is 12.1. The van der Waals surface area contributed by atoms with Gasteiger partial charge in [0.05, 0.1) is 4.47 Å². The highest BCUT2D eigenvalue weighted by Gasteiger charge is 2.18. The molecule has 5 heteroatoms. The van der Waals surface area contributed by atoms with Gasteiger partial charge in [-0.15, -0.1) is 0 Å². The fraction of sp³-hybridized carbons (Fsp3) is 0.375. The zero-order chi connectivity index (χ0) is 15.2. The van der Waals surface area contributed by atoms with E-state index in [1.54, 1.807) is 6.07 Å². The van der Waals surface area contributed by atoms with Gasteiger partial charge < -0.3 is 5.32 Å². The first-order chi connectivity index (χ1) is 10.1. The summed E-state index contributed by atoms with van der Waals surface area (Å²) in [6, 6.07) is 6.44. The Morgan fingerprint density at radius 2 is 2.10 bits per heavy atom. The molecule has 0 unspecified atom stereocenters. The number of carbonyl (C=O) groups is 1. The second kappa shape index (κ2) is 7.37. The fourth-order valence-corrected chi connectivity index (χ4v) is 2.82. The molecule has 1 saturated carbocycles. The number of nitriles is 1. The number of benzene rings is 1. The van der Waals surface area contributed by atoms with Crippen molar-refractivity contribution in [2.75, 3.05) is 0 Å². The first-order valence-corrected chi connectivity index (χ1v) is 7.77. The van der Waals surface area contributed by atoms with Crippen LogP contribution in [0.4, 0.5) is 4.39 Å². The number of rotatable bonds is 3. The van der Waals surface area contributed by atoms with Crippen LogP contribution in [0.3, 0.4) is 0 Å². The Hall–Kier alpha value is -1.67. The van der Waals surface area contributed by atoms with Crippen molar-refractivity contribution in [2.45, 2.75) is 38.1 Å². The topological polar surface area (TPSA) is 52.9 Å². The molecule has 3 nitrogen and oxygen atoms in total. The van der Waals surface area contributed by atoms with Crippen LogP contribution in [0.15, 0.2) is 28.2 Å². The van der Waals surface area contributed by atoms with E-state index in [1.807, 2.05) is 6.07 Å². The maximum absolute atomic E-state index is 13.2. The minimum absolute atomic E-state index is 0.0408. The lowest BCUT2D eigenvalue weighted by Gasteiger charge is -2.22. The molecule has 1 aliphatic rings. The molecule has 1 aromatic carbocycles. The van der Waals surface area contributed by atoms with Gasteiger partial charge >= 0.3 is 0 Å². The molecule has 0 heterocycles. The van der Waals surface area contributed by atoms with E-state index in [9.17, 15) is 9.18 Å². The third-order valence-corrected chi connectivity index (χ3v) is 4.17. The summed E-state index contributed by atoms with van der Waals surface area (Å²) in [6.07, 6.45) is 6.83. The maximum Gasteiger partial charge on any atom is 0.262 e. The standard InChI is InChI=1S/C16H16BrFN2O/c17-14-9-11(6-7-15(14)18)8-12(10-19)16(21)20-13-4-2-1-3-5-13/h6-9,13H,1-5H2,(H,20,21)/b12-8+. The molecule has 0 saturated heterocycles. The van der Waals surface area contributed by atoms with Crippen molar-refractivity contribution < 1.29 is 9.18 Å². The molecule has 1 aliphatic carbocycles. The molecule has 1 fully saturated rings. The van der Waals surface area contributed by atoms with Gasteiger partial charge in [0.2, 0.25) is 0 Å². The Morgan fingerprint density at radius 1 is 1.38 bits per heavy atom. The lowest BCUT2D eigenvalue weighted by molar-refractivity contribution is -0.117. The van der Waals surface area contributed by atoms with Gasteiger partial charge in [0.25, 0.3) is 5.91 Å². The van der Waals surface area contributed by atoms with Gasteiger partial charge in [0.15, 0.2) is 0 Å². The number of hydrogen-bond donors (Lipinski definition) is 1. The van der Waals surface area contributed by atoms with E-state index in [0.29, 0.717) is 10.0 Å². The monoisotopic (exact) mass is 350 g/mol. The minimum Gasteiger partial charge on any atom is -0.349 e. The van der Waals surface area contributed by atoms with E-state index in [-0.39, 0.29) is 23.3 Å². The molecular weight excluding hydrogens is 335 g/mol. The first-order valence-electron chi connectivity index (χ1n) is 6.98. The summed E-state index contributed by atoms with van der Waals surface area (Å²) >= 11 is 3.09. The Bertz CT molecular complexity index is 601. The average Bonchev–Trinajstić information content (AvgIpc) is 2.49. The van der Waals surface area contributed by atoms with Crippen LogP contribution in [0.2, 0.25) is 0 Å². The quantitative estimate of drug-likeness (QED) is 0.662. The van der Waals surface area contributed by atoms with Crippen LogP contribution in [0.25, 0.3) is 6.08 Å². The predicted molar refractivity (Wildman–Crippen MR) is 82.7 cm³/mol. The molecule has 110 valence electrons. The van der Waals surface area contributed by atoms with E-state index in [2.05, 4.69) is 21.2 Å². The molecule has 1 N–H and O–H groups in total. The van der Waals surface area contributed by atoms with E-state index < -0.39 is 0 Å². The maximum atomic E-state index is 13.2. The van der Waals surface area contributed by atoms with Crippen LogP contribution in [-0.2, 0) is 4.79 Å². The van der Waals surface area contributed by atoms with Crippen molar-refractivity contribution in [2.24, 2.45) is 0 Å². The van der Waals surface area contributed by atoms with Crippen molar-refractivity contribution in [3.05, 3.63) is 39.6 Å². The highest BCUT2D eigenvalue weighted by Crippen LogP contribution is 2.20. The molecule has 1 amide bonds. The number of hydrogen-bond acceptors (Lipinski definition) is 2. The summed E-state index contributed by atoms with van der Waals surface area (Å²) in [5.41, 5.74) is 0.651. The van der Waals surface area contributed by atoms with Gasteiger partial charge in [0, 0.05) is 6.04 Å². The van der Waals surface area contributed by atoms with Crippen LogP contribution in [0.5, 0.6) is 0 Å². The molecule has 0 atom stereocenters. The van der Waals surface area contributed by atoms with E-state index in [4.69, 9.17) is 5.26 Å². The number of halogens is 2. The molecule has 1 aromatic rings. The van der Waals surface area contributed by atoms with E-state index in [0.717, 1.165) is 25.7 Å². The smallest absolute Gasteiger partial charge is 0.262 e. The van der Waals surface area contributed by atoms with Crippen LogP contribution in [0, 0.1) is 17.1 Å². The summed E-state index contributed by atoms with van der Waals surface area (Å²) in [5.74, 6) is -0.734. The van der Waals surface area contributed by atoms with E-state index >= 15 is 0 Å². The Balaban J connectivity index is 2.10. The summed E-state index contributed by atoms with van der Waals surface area (Å²) in [5, 5.41) is 12.0. The number of amides is 1. The van der Waals surface area contributed by atoms with Crippen molar-refractivity contribution in [1.82, 2.24) is 5.32 Å². The molecular formula is C16H16BrFN2O. The largest absolute Gasteiger partial charge is 0.349 e. The second-order valence-electron chi connectivity index (χ2n) is 5.15. The van der Waals surface area contributed by atoms with Crippen LogP contribution >= 0.6 is 15.9 Å². The van der Waals surface area contributed by atoms with Crippen molar-refractivity contribution >= 4 is 27.9 Å². The van der Waals surface area contributed by atoms with Crippen molar-refractivity contribution in [1.29, 1.82) is 5.26 Å². The summed E-state index contributed by atoms with van der Waals surface area (Å²) < 4.78 is 13.5. The SMILES string of the molecule is N#C/C(=C\c1ccc(F)c(Br)c1)C(=O)NC1CCCCC1. The molecule has 0 radical (unpaired) electrons. The number of nitrogens with one attached hydrogen (secondary N) is 1. The first kappa shape index (κ1) is 15.7. The van der Waals surface area contributed by atoms with Gasteiger partial charge in [-0.25, -0.2) is 4.39 Å². The number of nitrogens with zero attached hydrogens (tertiary/aromatic N) is 1. The van der Waals surface area contributed by atoms with Gasteiger partial charge in [-0.3, -0.25) is 4.79 Å². The Labute approximate surface area is 132 Å². The third kappa shape index (κ3) is 4.40. The highest BCUT2D eigenvalue weighted by atomic mass is 79.9. The van der Waals surface area contributed by atoms with Gasteiger partial charge in [-0.1, -0.05) is 25.3 Å². The zero-order valence-electron chi connectivity index (χ0n) is 11.5. The van der Waals surface area contributed by atoms with Crippen molar-refractivity contribution in [3.8, 4) is 6.07 Å². The average molecular weight is 351 g/mol. The molecule has 0 aromatic heterocycles. The predicted octanol–water partition coefficient (Wildman–Crippen LogP) is 3.94. The third-order valence-electron chi connectivity index (χ3n) is 3.56. The lowest BCUT2D eigenvalue weighted by Crippen LogP contribution is -2.36.